The molecule has 0 spiro atoms. The van der Waals surface area contributed by atoms with E-state index in [0.717, 1.165) is 0 Å². The van der Waals surface area contributed by atoms with Crippen molar-refractivity contribution >= 4 is 23.3 Å². The highest BCUT2D eigenvalue weighted by molar-refractivity contribution is 6.33. The number of carbonyl (C=O) groups excluding carboxylic acids is 1. The van der Waals surface area contributed by atoms with Gasteiger partial charge in [-0.3, -0.25) is 0 Å². The summed E-state index contributed by atoms with van der Waals surface area (Å²) >= 11 is 5.90. The molecule has 0 aliphatic rings. The van der Waals surface area contributed by atoms with E-state index >= 15 is 0 Å². The molecule has 5 nitrogen and oxygen atoms in total. The number of amides is 2. The number of urea groups is 1. The molecule has 1 rings (SSSR count). The van der Waals surface area contributed by atoms with Gasteiger partial charge < -0.3 is 20.8 Å². The van der Waals surface area contributed by atoms with Gasteiger partial charge in [0.2, 0.25) is 0 Å². The van der Waals surface area contributed by atoms with Gasteiger partial charge >= 0.3 is 6.03 Å². The molecule has 0 saturated carbocycles. The van der Waals surface area contributed by atoms with Crippen LogP contribution in [0.1, 0.15) is 13.3 Å². The third-order valence-electron chi connectivity index (χ3n) is 2.78. The van der Waals surface area contributed by atoms with Gasteiger partial charge in [-0.2, -0.15) is 0 Å². The first-order valence-electron chi connectivity index (χ1n) is 5.62. The van der Waals surface area contributed by atoms with Crippen LogP contribution >= 0.6 is 11.6 Å². The molecular formula is C12H17ClN2O3. The van der Waals surface area contributed by atoms with E-state index in [2.05, 4.69) is 10.6 Å². The number of rotatable bonds is 5. The predicted molar refractivity (Wildman–Crippen MR) is 70.8 cm³/mol. The largest absolute Gasteiger partial charge is 0.394 e. The summed E-state index contributed by atoms with van der Waals surface area (Å²) in [5, 5.41) is 24.0. The molecule has 18 heavy (non-hydrogen) atoms. The van der Waals surface area contributed by atoms with E-state index in [1.54, 1.807) is 31.2 Å². The lowest BCUT2D eigenvalue weighted by Gasteiger charge is -2.29. The van der Waals surface area contributed by atoms with E-state index in [9.17, 15) is 15.0 Å². The molecule has 6 heteroatoms. The molecule has 0 fully saturated rings. The van der Waals surface area contributed by atoms with E-state index < -0.39 is 11.6 Å². The van der Waals surface area contributed by atoms with Gasteiger partial charge in [0.25, 0.3) is 0 Å². The van der Waals surface area contributed by atoms with Gasteiger partial charge in [-0.05, 0) is 18.6 Å². The van der Waals surface area contributed by atoms with Crippen LogP contribution in [0.15, 0.2) is 24.3 Å². The second-order valence-electron chi connectivity index (χ2n) is 4.01. The fourth-order valence-electron chi connectivity index (χ4n) is 1.40. The quantitative estimate of drug-likeness (QED) is 0.657. The Morgan fingerprint density at radius 2 is 1.94 bits per heavy atom. The molecule has 0 bridgehead atoms. The Morgan fingerprint density at radius 3 is 2.44 bits per heavy atom. The average Bonchev–Trinajstić information content (AvgIpc) is 2.39. The summed E-state index contributed by atoms with van der Waals surface area (Å²) < 4.78 is 0. The highest BCUT2D eigenvalue weighted by Gasteiger charge is 2.28. The highest BCUT2D eigenvalue weighted by Crippen LogP contribution is 2.20. The Labute approximate surface area is 111 Å². The summed E-state index contributed by atoms with van der Waals surface area (Å²) in [6.07, 6.45) is 0.413. The maximum absolute atomic E-state index is 11.8. The molecular weight excluding hydrogens is 256 g/mol. The maximum Gasteiger partial charge on any atom is 0.319 e. The summed E-state index contributed by atoms with van der Waals surface area (Å²) in [6, 6.07) is 6.29. The number of carbonyl (C=O) groups is 1. The number of aliphatic hydroxyl groups is 2. The fraction of sp³-hybridized carbons (Fsp3) is 0.417. The van der Waals surface area contributed by atoms with Crippen LogP contribution in [-0.2, 0) is 0 Å². The maximum atomic E-state index is 11.8. The number of hydrogen-bond acceptors (Lipinski definition) is 3. The number of nitrogens with one attached hydrogen (secondary N) is 2. The smallest absolute Gasteiger partial charge is 0.319 e. The van der Waals surface area contributed by atoms with E-state index in [1.165, 1.54) is 0 Å². The van der Waals surface area contributed by atoms with Gasteiger partial charge in [-0.15, -0.1) is 0 Å². The van der Waals surface area contributed by atoms with Gasteiger partial charge in [-0.1, -0.05) is 30.7 Å². The van der Waals surface area contributed by atoms with Crippen LogP contribution in [0.5, 0.6) is 0 Å². The number of halogens is 1. The Kier molecular flexibility index (Phi) is 5.40. The lowest BCUT2D eigenvalue weighted by Crippen LogP contribution is -2.55. The van der Waals surface area contributed by atoms with Crippen LogP contribution in [0.3, 0.4) is 0 Å². The Morgan fingerprint density at radius 1 is 1.33 bits per heavy atom. The van der Waals surface area contributed by atoms with Crippen LogP contribution in [0.25, 0.3) is 0 Å². The molecule has 1 aromatic carbocycles. The normalized spacial score (nSPS) is 11.1. The molecule has 2 amide bonds. The van der Waals surface area contributed by atoms with Gasteiger partial charge in [0.05, 0.1) is 29.5 Å². The fourth-order valence-corrected chi connectivity index (χ4v) is 1.58. The summed E-state index contributed by atoms with van der Waals surface area (Å²) in [5.74, 6) is 0. The molecule has 100 valence electrons. The van der Waals surface area contributed by atoms with Gasteiger partial charge in [-0.25, -0.2) is 4.79 Å². The molecule has 0 unspecified atom stereocenters. The van der Waals surface area contributed by atoms with E-state index in [1.807, 2.05) is 0 Å². The zero-order valence-electron chi connectivity index (χ0n) is 10.1. The van der Waals surface area contributed by atoms with Crippen molar-refractivity contribution in [2.75, 3.05) is 18.5 Å². The third kappa shape index (κ3) is 3.60. The Hall–Kier alpha value is -1.30. The van der Waals surface area contributed by atoms with Crippen LogP contribution in [0.2, 0.25) is 5.02 Å². The second-order valence-corrected chi connectivity index (χ2v) is 4.42. The molecule has 4 N–H and O–H groups in total. The number of aliphatic hydroxyl groups excluding tert-OH is 2. The molecule has 0 aliphatic heterocycles. The van der Waals surface area contributed by atoms with Crippen LogP contribution in [0, 0.1) is 0 Å². The second kappa shape index (κ2) is 6.58. The van der Waals surface area contributed by atoms with Crippen molar-refractivity contribution in [1.29, 1.82) is 0 Å². The molecule has 0 atom stereocenters. The minimum atomic E-state index is -1.02. The average molecular weight is 273 g/mol. The summed E-state index contributed by atoms with van der Waals surface area (Å²) in [5.41, 5.74) is -0.553. The van der Waals surface area contributed by atoms with Crippen molar-refractivity contribution in [3.63, 3.8) is 0 Å². The number of anilines is 1. The van der Waals surface area contributed by atoms with Crippen LogP contribution in [0.4, 0.5) is 10.5 Å². The van der Waals surface area contributed by atoms with Crippen molar-refractivity contribution in [1.82, 2.24) is 5.32 Å². The molecule has 0 heterocycles. The lowest BCUT2D eigenvalue weighted by atomic mass is 9.99. The SMILES string of the molecule is CCC(CO)(CO)NC(=O)Nc1ccccc1Cl. The predicted octanol–water partition coefficient (Wildman–Crippen LogP) is 1.59. The third-order valence-corrected chi connectivity index (χ3v) is 3.11. The number of hydrogen-bond donors (Lipinski definition) is 4. The van der Waals surface area contributed by atoms with Gasteiger partial charge in [0.1, 0.15) is 0 Å². The topological polar surface area (TPSA) is 81.6 Å². The Balaban J connectivity index is 2.70. The van der Waals surface area contributed by atoms with E-state index in [4.69, 9.17) is 11.6 Å². The first-order chi connectivity index (χ1) is 8.56. The number of para-hydroxylation sites is 1. The van der Waals surface area contributed by atoms with Crippen LogP contribution < -0.4 is 10.6 Å². The van der Waals surface area contributed by atoms with Gasteiger partial charge in [0, 0.05) is 0 Å². The van der Waals surface area contributed by atoms with E-state index in [-0.39, 0.29) is 13.2 Å². The highest BCUT2D eigenvalue weighted by atomic mass is 35.5. The first kappa shape index (κ1) is 14.8. The summed E-state index contributed by atoms with van der Waals surface area (Å²) in [7, 11) is 0. The summed E-state index contributed by atoms with van der Waals surface area (Å²) in [6.45, 7) is 1.09. The monoisotopic (exact) mass is 272 g/mol. The van der Waals surface area contributed by atoms with Crippen LogP contribution in [-0.4, -0.2) is 35.0 Å². The van der Waals surface area contributed by atoms with E-state index in [0.29, 0.717) is 17.1 Å². The molecule has 0 aromatic heterocycles. The van der Waals surface area contributed by atoms with Crippen molar-refractivity contribution in [2.24, 2.45) is 0 Å². The van der Waals surface area contributed by atoms with Crippen molar-refractivity contribution < 1.29 is 15.0 Å². The first-order valence-corrected chi connectivity index (χ1v) is 6.00. The standard InChI is InChI=1S/C12H17ClN2O3/c1-2-12(7-16,8-17)15-11(18)14-10-6-4-3-5-9(10)13/h3-6,16-17H,2,7-8H2,1H3,(H2,14,15,18). The van der Waals surface area contributed by atoms with Crippen molar-refractivity contribution in [2.45, 2.75) is 18.9 Å². The zero-order valence-corrected chi connectivity index (χ0v) is 10.9. The number of benzene rings is 1. The summed E-state index contributed by atoms with van der Waals surface area (Å²) in [4.78, 5) is 11.8. The molecule has 1 aromatic rings. The molecule has 0 saturated heterocycles. The lowest BCUT2D eigenvalue weighted by molar-refractivity contribution is 0.0955. The minimum absolute atomic E-state index is 0.337. The zero-order chi connectivity index (χ0) is 13.6. The van der Waals surface area contributed by atoms with Crippen molar-refractivity contribution in [3.05, 3.63) is 29.3 Å². The molecule has 0 aliphatic carbocycles. The minimum Gasteiger partial charge on any atom is -0.394 e. The Bertz CT molecular complexity index is 400. The molecule has 0 radical (unpaired) electrons. The van der Waals surface area contributed by atoms with Crippen molar-refractivity contribution in [3.8, 4) is 0 Å². The van der Waals surface area contributed by atoms with Gasteiger partial charge in [0.15, 0.2) is 0 Å².